The first-order valence-electron chi connectivity index (χ1n) is 7.35. The number of carbonyl (C=O) groups is 1. The van der Waals surface area contributed by atoms with Crippen LogP contribution in [0.4, 0.5) is 5.69 Å². The van der Waals surface area contributed by atoms with Gasteiger partial charge >= 0.3 is 0 Å². The second-order valence-corrected chi connectivity index (χ2v) is 5.43. The van der Waals surface area contributed by atoms with Gasteiger partial charge in [0.2, 0.25) is 5.89 Å². The third kappa shape index (κ3) is 3.07. The number of benzene rings is 1. The largest absolute Gasteiger partial charge is 0.444 e. The number of nitrogens with two attached hydrogens (primary N) is 1. The van der Waals surface area contributed by atoms with Crippen molar-refractivity contribution in [3.63, 3.8) is 0 Å². The van der Waals surface area contributed by atoms with Crippen molar-refractivity contribution in [1.82, 2.24) is 10.3 Å². The lowest BCUT2D eigenvalue weighted by molar-refractivity contribution is 0.0922. The van der Waals surface area contributed by atoms with Crippen molar-refractivity contribution in [3.8, 4) is 11.5 Å². The van der Waals surface area contributed by atoms with E-state index in [-0.39, 0.29) is 11.9 Å². The summed E-state index contributed by atoms with van der Waals surface area (Å²) in [7, 11) is 0. The van der Waals surface area contributed by atoms with Crippen LogP contribution in [-0.4, -0.2) is 16.9 Å². The lowest BCUT2D eigenvalue weighted by atomic mass is 9.95. The van der Waals surface area contributed by atoms with Gasteiger partial charge in [-0.05, 0) is 25.0 Å². The highest BCUT2D eigenvalue weighted by molar-refractivity contribution is 5.92. The Hall–Kier alpha value is -2.30. The minimum atomic E-state index is -0.175. The number of amides is 1. The first-order valence-corrected chi connectivity index (χ1v) is 7.35. The van der Waals surface area contributed by atoms with Gasteiger partial charge in [-0.2, -0.15) is 0 Å². The molecule has 3 rings (SSSR count). The van der Waals surface area contributed by atoms with Crippen molar-refractivity contribution in [2.75, 3.05) is 5.73 Å². The van der Waals surface area contributed by atoms with Crippen molar-refractivity contribution in [1.29, 1.82) is 0 Å². The average molecular weight is 285 g/mol. The highest BCUT2D eigenvalue weighted by Gasteiger charge is 2.19. The second-order valence-electron chi connectivity index (χ2n) is 5.43. The van der Waals surface area contributed by atoms with E-state index in [1.54, 1.807) is 6.07 Å². The van der Waals surface area contributed by atoms with E-state index in [4.69, 9.17) is 10.2 Å². The maximum atomic E-state index is 12.2. The summed E-state index contributed by atoms with van der Waals surface area (Å²) in [5.41, 5.74) is 7.48. The fourth-order valence-electron chi connectivity index (χ4n) is 2.70. The van der Waals surface area contributed by atoms with Crippen LogP contribution in [0.15, 0.2) is 34.9 Å². The molecule has 110 valence electrons. The van der Waals surface area contributed by atoms with Crippen molar-refractivity contribution in [2.45, 2.75) is 38.1 Å². The van der Waals surface area contributed by atoms with Crippen LogP contribution in [0.25, 0.3) is 11.5 Å². The van der Waals surface area contributed by atoms with Crippen molar-refractivity contribution < 1.29 is 9.21 Å². The van der Waals surface area contributed by atoms with Gasteiger partial charge in [0, 0.05) is 11.7 Å². The van der Waals surface area contributed by atoms with Gasteiger partial charge in [-0.3, -0.25) is 4.79 Å². The molecule has 5 heteroatoms. The zero-order chi connectivity index (χ0) is 14.7. The molecule has 0 spiro atoms. The van der Waals surface area contributed by atoms with Gasteiger partial charge in [0.15, 0.2) is 5.69 Å². The molecule has 2 aromatic rings. The van der Waals surface area contributed by atoms with Crippen LogP contribution in [0.2, 0.25) is 0 Å². The zero-order valence-electron chi connectivity index (χ0n) is 11.8. The van der Waals surface area contributed by atoms with Gasteiger partial charge in [-0.15, -0.1) is 0 Å². The number of nitrogen functional groups attached to an aromatic ring is 1. The molecule has 1 aromatic carbocycles. The van der Waals surface area contributed by atoms with Gasteiger partial charge in [0.1, 0.15) is 6.26 Å². The fraction of sp³-hybridized carbons (Fsp3) is 0.375. The van der Waals surface area contributed by atoms with Crippen LogP contribution in [0.5, 0.6) is 0 Å². The summed E-state index contributed by atoms with van der Waals surface area (Å²) in [6.07, 6.45) is 7.09. The van der Waals surface area contributed by atoms with Crippen molar-refractivity contribution >= 4 is 11.6 Å². The number of rotatable bonds is 3. The summed E-state index contributed by atoms with van der Waals surface area (Å²) in [6.45, 7) is 0. The molecule has 21 heavy (non-hydrogen) atoms. The molecule has 0 aliphatic heterocycles. The number of aromatic nitrogens is 1. The average Bonchev–Trinajstić information content (AvgIpc) is 2.98. The molecule has 5 nitrogen and oxygen atoms in total. The zero-order valence-corrected chi connectivity index (χ0v) is 11.8. The fourth-order valence-corrected chi connectivity index (χ4v) is 2.70. The molecule has 0 saturated heterocycles. The molecule has 1 aromatic heterocycles. The van der Waals surface area contributed by atoms with Gasteiger partial charge < -0.3 is 15.5 Å². The number of carbonyl (C=O) groups excluding carboxylic acids is 1. The quantitative estimate of drug-likeness (QED) is 0.849. The predicted molar refractivity (Wildman–Crippen MR) is 80.7 cm³/mol. The summed E-state index contributed by atoms with van der Waals surface area (Å²) >= 11 is 0. The van der Waals surface area contributed by atoms with Crippen LogP contribution in [0.1, 0.15) is 42.6 Å². The van der Waals surface area contributed by atoms with Crippen molar-refractivity contribution in [3.05, 3.63) is 36.2 Å². The van der Waals surface area contributed by atoms with Gasteiger partial charge in [0.25, 0.3) is 5.91 Å². The Kier molecular flexibility index (Phi) is 3.90. The number of hydrogen-bond donors (Lipinski definition) is 2. The maximum absolute atomic E-state index is 12.2. The number of nitrogens with one attached hydrogen (secondary N) is 1. The summed E-state index contributed by atoms with van der Waals surface area (Å²) < 4.78 is 5.39. The molecule has 1 amide bonds. The SMILES string of the molecule is Nc1ccccc1-c1nc(C(=O)NC2CCCCC2)co1. The predicted octanol–water partition coefficient (Wildman–Crippen LogP) is 2.99. The Morgan fingerprint density at radius 2 is 2.00 bits per heavy atom. The Morgan fingerprint density at radius 3 is 2.76 bits per heavy atom. The monoisotopic (exact) mass is 285 g/mol. The van der Waals surface area contributed by atoms with Gasteiger partial charge in [-0.25, -0.2) is 4.98 Å². The van der Waals surface area contributed by atoms with E-state index in [0.717, 1.165) is 12.8 Å². The second kappa shape index (κ2) is 5.99. The maximum Gasteiger partial charge on any atom is 0.273 e. The molecule has 1 aliphatic rings. The Morgan fingerprint density at radius 1 is 1.24 bits per heavy atom. The van der Waals surface area contributed by atoms with E-state index in [1.807, 2.05) is 18.2 Å². The standard InChI is InChI=1S/C16H19N3O2/c17-13-9-5-4-8-12(13)16-19-14(10-21-16)15(20)18-11-6-2-1-3-7-11/h4-5,8-11H,1-3,6-7,17H2,(H,18,20). The smallest absolute Gasteiger partial charge is 0.273 e. The van der Waals surface area contributed by atoms with Crippen LogP contribution >= 0.6 is 0 Å². The van der Waals surface area contributed by atoms with E-state index < -0.39 is 0 Å². The lowest BCUT2D eigenvalue weighted by Gasteiger charge is -2.22. The van der Waals surface area contributed by atoms with Crippen LogP contribution in [0, 0.1) is 0 Å². The minimum absolute atomic E-state index is 0.175. The third-order valence-corrected chi connectivity index (χ3v) is 3.87. The molecule has 1 fully saturated rings. The Bertz CT molecular complexity index is 630. The molecule has 0 radical (unpaired) electrons. The number of oxazole rings is 1. The molecular formula is C16H19N3O2. The molecule has 0 bridgehead atoms. The van der Waals surface area contributed by atoms with Crippen LogP contribution in [0.3, 0.4) is 0 Å². The van der Waals surface area contributed by atoms with E-state index >= 15 is 0 Å². The van der Waals surface area contributed by atoms with E-state index in [0.29, 0.717) is 22.8 Å². The van der Waals surface area contributed by atoms with E-state index in [9.17, 15) is 4.79 Å². The molecule has 1 saturated carbocycles. The molecule has 0 atom stereocenters. The molecule has 1 heterocycles. The van der Waals surface area contributed by atoms with Crippen molar-refractivity contribution in [2.24, 2.45) is 0 Å². The number of para-hydroxylation sites is 1. The summed E-state index contributed by atoms with van der Waals surface area (Å²) in [5.74, 6) is 0.202. The van der Waals surface area contributed by atoms with E-state index in [2.05, 4.69) is 10.3 Å². The summed E-state index contributed by atoms with van der Waals surface area (Å²) in [5, 5.41) is 3.02. The molecule has 1 aliphatic carbocycles. The van der Waals surface area contributed by atoms with Gasteiger partial charge in [0.05, 0.1) is 5.56 Å². The van der Waals surface area contributed by atoms with Crippen LogP contribution in [-0.2, 0) is 0 Å². The molecular weight excluding hydrogens is 266 g/mol. The highest BCUT2D eigenvalue weighted by atomic mass is 16.3. The summed E-state index contributed by atoms with van der Waals surface area (Å²) in [6, 6.07) is 7.56. The number of nitrogens with zero attached hydrogens (tertiary/aromatic N) is 1. The molecule has 0 unspecified atom stereocenters. The Labute approximate surface area is 123 Å². The van der Waals surface area contributed by atoms with Gasteiger partial charge in [-0.1, -0.05) is 31.4 Å². The topological polar surface area (TPSA) is 81.1 Å². The summed E-state index contributed by atoms with van der Waals surface area (Å²) in [4.78, 5) is 16.4. The lowest BCUT2D eigenvalue weighted by Crippen LogP contribution is -2.36. The Balaban J connectivity index is 1.72. The first kappa shape index (κ1) is 13.7. The highest BCUT2D eigenvalue weighted by Crippen LogP contribution is 2.25. The third-order valence-electron chi connectivity index (χ3n) is 3.87. The minimum Gasteiger partial charge on any atom is -0.444 e. The van der Waals surface area contributed by atoms with E-state index in [1.165, 1.54) is 25.5 Å². The first-order chi connectivity index (χ1) is 10.2. The number of hydrogen-bond acceptors (Lipinski definition) is 4. The van der Waals surface area contributed by atoms with Crippen LogP contribution < -0.4 is 11.1 Å². The number of anilines is 1. The normalized spacial score (nSPS) is 15.8. The molecule has 3 N–H and O–H groups in total.